The highest BCUT2D eigenvalue weighted by molar-refractivity contribution is 9.10. The molecule has 0 atom stereocenters. The first-order valence-corrected chi connectivity index (χ1v) is 7.02. The van der Waals surface area contributed by atoms with Crippen molar-refractivity contribution in [1.82, 2.24) is 0 Å². The monoisotopic (exact) mass is 319 g/mol. The highest BCUT2D eigenvalue weighted by Gasteiger charge is 2.08. The average molecular weight is 320 g/mol. The SMILES string of the molecule is Cc1ccc(N(C)Cc2cc(O)ccc2Br)c(C)c1. The molecule has 0 radical (unpaired) electrons. The maximum atomic E-state index is 9.57. The van der Waals surface area contributed by atoms with Gasteiger partial charge in [-0.2, -0.15) is 0 Å². The summed E-state index contributed by atoms with van der Waals surface area (Å²) in [4.78, 5) is 2.19. The minimum absolute atomic E-state index is 0.298. The number of nitrogens with zero attached hydrogens (tertiary/aromatic N) is 1. The molecule has 0 aromatic heterocycles. The van der Waals surface area contributed by atoms with E-state index >= 15 is 0 Å². The summed E-state index contributed by atoms with van der Waals surface area (Å²) >= 11 is 3.52. The second-order valence-electron chi connectivity index (χ2n) is 4.92. The molecule has 0 spiro atoms. The van der Waals surface area contributed by atoms with Gasteiger partial charge in [0.1, 0.15) is 5.75 Å². The summed E-state index contributed by atoms with van der Waals surface area (Å²) < 4.78 is 1.02. The van der Waals surface area contributed by atoms with Gasteiger partial charge in [0.05, 0.1) is 0 Å². The molecule has 0 saturated carbocycles. The molecule has 2 aromatic rings. The molecule has 0 amide bonds. The highest BCUT2D eigenvalue weighted by Crippen LogP contribution is 2.26. The molecule has 0 aliphatic heterocycles. The van der Waals surface area contributed by atoms with E-state index in [2.05, 4.69) is 59.9 Å². The van der Waals surface area contributed by atoms with Crippen molar-refractivity contribution in [1.29, 1.82) is 0 Å². The Balaban J connectivity index is 2.25. The molecule has 0 aliphatic carbocycles. The van der Waals surface area contributed by atoms with Crippen molar-refractivity contribution >= 4 is 21.6 Å². The van der Waals surface area contributed by atoms with Gasteiger partial charge in [-0.15, -0.1) is 0 Å². The zero-order valence-electron chi connectivity index (χ0n) is 11.4. The number of phenolic OH excluding ortho intramolecular Hbond substituents is 1. The van der Waals surface area contributed by atoms with Crippen LogP contribution in [0.25, 0.3) is 0 Å². The predicted octanol–water partition coefficient (Wildman–Crippen LogP) is 4.41. The van der Waals surface area contributed by atoms with Crippen molar-refractivity contribution in [2.75, 3.05) is 11.9 Å². The Bertz CT molecular complexity index is 595. The van der Waals surface area contributed by atoms with E-state index in [0.29, 0.717) is 5.75 Å². The van der Waals surface area contributed by atoms with Crippen molar-refractivity contribution in [3.05, 3.63) is 57.6 Å². The molecule has 100 valence electrons. The molecule has 0 bridgehead atoms. The van der Waals surface area contributed by atoms with Crippen LogP contribution < -0.4 is 4.90 Å². The number of aryl methyl sites for hydroxylation is 2. The standard InChI is InChI=1S/C16H18BrNO/c1-11-4-7-16(12(2)8-11)18(3)10-13-9-14(19)5-6-15(13)17/h4-9,19H,10H2,1-3H3. The normalized spacial score (nSPS) is 10.5. The van der Waals surface area contributed by atoms with Crippen LogP contribution in [0.2, 0.25) is 0 Å². The van der Waals surface area contributed by atoms with Crippen molar-refractivity contribution in [3.63, 3.8) is 0 Å². The smallest absolute Gasteiger partial charge is 0.115 e. The summed E-state index contributed by atoms with van der Waals surface area (Å²) in [5, 5.41) is 9.57. The number of aromatic hydroxyl groups is 1. The van der Waals surface area contributed by atoms with Gasteiger partial charge < -0.3 is 10.0 Å². The lowest BCUT2D eigenvalue weighted by Crippen LogP contribution is -2.17. The lowest BCUT2D eigenvalue weighted by Gasteiger charge is -2.22. The predicted molar refractivity (Wildman–Crippen MR) is 83.8 cm³/mol. The van der Waals surface area contributed by atoms with Gasteiger partial charge >= 0.3 is 0 Å². The zero-order valence-corrected chi connectivity index (χ0v) is 13.0. The highest BCUT2D eigenvalue weighted by atomic mass is 79.9. The first-order valence-electron chi connectivity index (χ1n) is 6.23. The summed E-state index contributed by atoms with van der Waals surface area (Å²) in [6.45, 7) is 4.97. The Hall–Kier alpha value is -1.48. The largest absolute Gasteiger partial charge is 0.508 e. The van der Waals surface area contributed by atoms with Crippen molar-refractivity contribution < 1.29 is 5.11 Å². The lowest BCUT2D eigenvalue weighted by atomic mass is 10.1. The topological polar surface area (TPSA) is 23.5 Å². The molecule has 19 heavy (non-hydrogen) atoms. The van der Waals surface area contributed by atoms with Crippen LogP contribution in [0.3, 0.4) is 0 Å². The van der Waals surface area contributed by atoms with Crippen LogP contribution in [0.1, 0.15) is 16.7 Å². The number of hydrogen-bond donors (Lipinski definition) is 1. The van der Waals surface area contributed by atoms with Gasteiger partial charge in [0.15, 0.2) is 0 Å². The van der Waals surface area contributed by atoms with E-state index in [9.17, 15) is 5.11 Å². The van der Waals surface area contributed by atoms with Crippen LogP contribution >= 0.6 is 15.9 Å². The fraction of sp³-hybridized carbons (Fsp3) is 0.250. The molecular formula is C16H18BrNO. The fourth-order valence-electron chi connectivity index (χ4n) is 2.26. The van der Waals surface area contributed by atoms with E-state index in [1.54, 1.807) is 12.1 Å². The van der Waals surface area contributed by atoms with Crippen molar-refractivity contribution in [2.45, 2.75) is 20.4 Å². The molecule has 0 aliphatic rings. The van der Waals surface area contributed by atoms with E-state index in [1.807, 2.05) is 6.07 Å². The van der Waals surface area contributed by atoms with Crippen LogP contribution in [-0.4, -0.2) is 12.2 Å². The Morgan fingerprint density at radius 1 is 1.11 bits per heavy atom. The van der Waals surface area contributed by atoms with Crippen molar-refractivity contribution in [2.24, 2.45) is 0 Å². The van der Waals surface area contributed by atoms with E-state index < -0.39 is 0 Å². The van der Waals surface area contributed by atoms with E-state index in [4.69, 9.17) is 0 Å². The third kappa shape index (κ3) is 3.29. The van der Waals surface area contributed by atoms with E-state index in [-0.39, 0.29) is 0 Å². The molecule has 2 aromatic carbocycles. The Kier molecular flexibility index (Phi) is 4.15. The Labute approximate surface area is 122 Å². The molecular weight excluding hydrogens is 302 g/mol. The third-order valence-electron chi connectivity index (χ3n) is 3.20. The van der Waals surface area contributed by atoms with Gasteiger partial charge in [-0.25, -0.2) is 0 Å². The summed E-state index contributed by atoms with van der Waals surface area (Å²) in [6, 6.07) is 11.8. The minimum atomic E-state index is 0.298. The Morgan fingerprint density at radius 2 is 1.84 bits per heavy atom. The summed E-state index contributed by atoms with van der Waals surface area (Å²) in [6.07, 6.45) is 0. The maximum Gasteiger partial charge on any atom is 0.115 e. The zero-order chi connectivity index (χ0) is 14.0. The average Bonchev–Trinajstić information content (AvgIpc) is 2.33. The molecule has 0 unspecified atom stereocenters. The second-order valence-corrected chi connectivity index (χ2v) is 5.78. The lowest BCUT2D eigenvalue weighted by molar-refractivity contribution is 0.474. The number of phenols is 1. The summed E-state index contributed by atoms with van der Waals surface area (Å²) in [7, 11) is 2.06. The van der Waals surface area contributed by atoms with E-state index in [1.165, 1.54) is 16.8 Å². The first-order chi connectivity index (χ1) is 8.97. The number of hydrogen-bond acceptors (Lipinski definition) is 2. The molecule has 0 fully saturated rings. The molecule has 2 nitrogen and oxygen atoms in total. The number of rotatable bonds is 3. The Morgan fingerprint density at radius 3 is 2.53 bits per heavy atom. The van der Waals surface area contributed by atoms with Gasteiger partial charge in [0, 0.05) is 23.8 Å². The van der Waals surface area contributed by atoms with Crippen LogP contribution in [0.4, 0.5) is 5.69 Å². The molecule has 2 rings (SSSR count). The summed E-state index contributed by atoms with van der Waals surface area (Å²) in [5.74, 6) is 0.298. The third-order valence-corrected chi connectivity index (χ3v) is 3.97. The quantitative estimate of drug-likeness (QED) is 0.905. The molecule has 0 heterocycles. The van der Waals surface area contributed by atoms with Gasteiger partial charge in [-0.1, -0.05) is 33.6 Å². The number of anilines is 1. The minimum Gasteiger partial charge on any atom is -0.508 e. The number of halogens is 1. The fourth-order valence-corrected chi connectivity index (χ4v) is 2.63. The van der Waals surface area contributed by atoms with Gasteiger partial charge in [-0.3, -0.25) is 0 Å². The van der Waals surface area contributed by atoms with E-state index in [0.717, 1.165) is 16.6 Å². The van der Waals surface area contributed by atoms with Crippen LogP contribution in [0, 0.1) is 13.8 Å². The molecule has 3 heteroatoms. The maximum absolute atomic E-state index is 9.57. The molecule has 0 saturated heterocycles. The summed E-state index contributed by atoms with van der Waals surface area (Å²) in [5.41, 5.74) is 4.82. The van der Waals surface area contributed by atoms with Gasteiger partial charge in [-0.05, 0) is 49.2 Å². The number of benzene rings is 2. The van der Waals surface area contributed by atoms with Crippen LogP contribution in [0.15, 0.2) is 40.9 Å². The van der Waals surface area contributed by atoms with Crippen LogP contribution in [0.5, 0.6) is 5.75 Å². The van der Waals surface area contributed by atoms with Gasteiger partial charge in [0.2, 0.25) is 0 Å². The first kappa shape index (κ1) is 13.9. The van der Waals surface area contributed by atoms with Crippen molar-refractivity contribution in [3.8, 4) is 5.75 Å². The molecule has 1 N–H and O–H groups in total. The van der Waals surface area contributed by atoms with Crippen LogP contribution in [-0.2, 0) is 6.54 Å². The second kappa shape index (κ2) is 5.66. The van der Waals surface area contributed by atoms with Gasteiger partial charge in [0.25, 0.3) is 0 Å².